The minimum Gasteiger partial charge on any atom is -0.364 e. The van der Waals surface area contributed by atoms with E-state index in [0.717, 1.165) is 32.1 Å². The van der Waals surface area contributed by atoms with Crippen LogP contribution in [-0.4, -0.2) is 44.1 Å². The van der Waals surface area contributed by atoms with Crippen LogP contribution in [0, 0.1) is 5.41 Å². The molecule has 1 aliphatic carbocycles. The number of aliphatic imine (C=N–C) groups is 1. The van der Waals surface area contributed by atoms with Crippen LogP contribution in [0.5, 0.6) is 0 Å². The summed E-state index contributed by atoms with van der Waals surface area (Å²) in [5.74, 6) is 1.06. The maximum Gasteiger partial charge on any atom is 0.193 e. The summed E-state index contributed by atoms with van der Waals surface area (Å²) in [4.78, 5) is 9.33. The van der Waals surface area contributed by atoms with Gasteiger partial charge in [0.15, 0.2) is 5.96 Å². The Morgan fingerprint density at radius 1 is 1.12 bits per heavy atom. The number of benzene rings is 1. The number of anilines is 1. The van der Waals surface area contributed by atoms with Crippen molar-refractivity contribution >= 4 is 35.6 Å². The van der Waals surface area contributed by atoms with Gasteiger partial charge < -0.3 is 15.1 Å². The second-order valence-electron chi connectivity index (χ2n) is 7.47. The van der Waals surface area contributed by atoms with Crippen LogP contribution in [0.4, 0.5) is 5.69 Å². The smallest absolute Gasteiger partial charge is 0.193 e. The van der Waals surface area contributed by atoms with Crippen LogP contribution in [0.3, 0.4) is 0 Å². The largest absolute Gasteiger partial charge is 0.364 e. The molecule has 2 heterocycles. The first-order chi connectivity index (χ1) is 11.8. The Labute approximate surface area is 168 Å². The van der Waals surface area contributed by atoms with Gasteiger partial charge in [-0.15, -0.1) is 24.0 Å². The molecule has 0 bridgehead atoms. The van der Waals surface area contributed by atoms with Crippen LogP contribution in [0.2, 0.25) is 0 Å². The van der Waals surface area contributed by atoms with Crippen molar-refractivity contribution in [2.24, 2.45) is 10.4 Å². The van der Waals surface area contributed by atoms with Crippen molar-refractivity contribution in [3.05, 3.63) is 42.0 Å². The molecule has 1 saturated carbocycles. The van der Waals surface area contributed by atoms with E-state index < -0.39 is 0 Å². The van der Waals surface area contributed by atoms with Crippen molar-refractivity contribution in [3.8, 4) is 0 Å². The third kappa shape index (κ3) is 3.96. The number of rotatable bonds is 3. The van der Waals surface area contributed by atoms with Crippen LogP contribution in [0.25, 0.3) is 0 Å². The van der Waals surface area contributed by atoms with E-state index in [4.69, 9.17) is 0 Å². The highest BCUT2D eigenvalue weighted by atomic mass is 127. The molecule has 136 valence electrons. The SMILES string of the molecule is CN=C(NCc1ccc(N2CC=CC2)cc1)N1CCC2(CCC2)C1.I. The summed E-state index contributed by atoms with van der Waals surface area (Å²) < 4.78 is 0. The molecule has 4 nitrogen and oxygen atoms in total. The Bertz CT molecular complexity index is 626. The Morgan fingerprint density at radius 3 is 2.40 bits per heavy atom. The van der Waals surface area contributed by atoms with Gasteiger partial charge >= 0.3 is 0 Å². The van der Waals surface area contributed by atoms with Crippen molar-refractivity contribution in [1.82, 2.24) is 10.2 Å². The third-order valence-corrected chi connectivity index (χ3v) is 5.93. The number of halogens is 1. The van der Waals surface area contributed by atoms with Gasteiger partial charge in [0.25, 0.3) is 0 Å². The van der Waals surface area contributed by atoms with Crippen molar-refractivity contribution in [1.29, 1.82) is 0 Å². The molecule has 0 aromatic heterocycles. The molecule has 0 atom stereocenters. The molecule has 1 spiro atoms. The Kier molecular flexibility index (Phi) is 5.92. The molecule has 5 heteroatoms. The van der Waals surface area contributed by atoms with E-state index in [9.17, 15) is 0 Å². The first-order valence-corrected chi connectivity index (χ1v) is 9.23. The lowest BCUT2D eigenvalue weighted by atomic mass is 9.68. The molecule has 0 amide bonds. The fourth-order valence-corrected chi connectivity index (χ4v) is 4.23. The van der Waals surface area contributed by atoms with Gasteiger partial charge in [-0.3, -0.25) is 4.99 Å². The summed E-state index contributed by atoms with van der Waals surface area (Å²) in [6, 6.07) is 8.91. The number of hydrogen-bond acceptors (Lipinski definition) is 2. The minimum atomic E-state index is 0. The molecule has 1 aromatic rings. The second kappa shape index (κ2) is 7.98. The molecular weight excluding hydrogens is 423 g/mol. The standard InChI is InChI=1S/C20H28N4.HI/c1-21-19(24-14-11-20(16-24)9-4-10-20)22-15-17-5-7-18(8-6-17)23-12-2-3-13-23;/h2-3,5-8H,4,9-16H2,1H3,(H,21,22);1H. The summed E-state index contributed by atoms with van der Waals surface area (Å²) >= 11 is 0. The molecule has 2 fully saturated rings. The van der Waals surface area contributed by atoms with E-state index in [1.54, 1.807) is 0 Å². The zero-order valence-corrected chi connectivity index (χ0v) is 17.4. The Balaban J connectivity index is 0.00000182. The van der Waals surface area contributed by atoms with E-state index in [1.807, 2.05) is 7.05 Å². The zero-order valence-electron chi connectivity index (χ0n) is 15.1. The molecule has 4 rings (SSSR count). The quantitative estimate of drug-likeness (QED) is 0.329. The van der Waals surface area contributed by atoms with Crippen LogP contribution in [-0.2, 0) is 6.54 Å². The van der Waals surface area contributed by atoms with E-state index >= 15 is 0 Å². The molecule has 0 unspecified atom stereocenters. The topological polar surface area (TPSA) is 30.9 Å². The fraction of sp³-hybridized carbons (Fsp3) is 0.550. The van der Waals surface area contributed by atoms with Crippen LogP contribution in [0.1, 0.15) is 31.2 Å². The molecule has 25 heavy (non-hydrogen) atoms. The van der Waals surface area contributed by atoms with Gasteiger partial charge in [0, 0.05) is 45.5 Å². The molecule has 1 N–H and O–H groups in total. The van der Waals surface area contributed by atoms with Crippen LogP contribution in [0.15, 0.2) is 41.4 Å². The number of guanidine groups is 1. The normalized spacial score (nSPS) is 21.4. The number of hydrogen-bond donors (Lipinski definition) is 1. The summed E-state index contributed by atoms with van der Waals surface area (Å²) in [7, 11) is 1.90. The zero-order chi connectivity index (χ0) is 16.4. The maximum atomic E-state index is 4.50. The van der Waals surface area contributed by atoms with Gasteiger partial charge in [0.1, 0.15) is 0 Å². The van der Waals surface area contributed by atoms with Crippen molar-refractivity contribution < 1.29 is 0 Å². The van der Waals surface area contributed by atoms with Gasteiger partial charge in [-0.1, -0.05) is 30.7 Å². The lowest BCUT2D eigenvalue weighted by molar-refractivity contribution is 0.151. The van der Waals surface area contributed by atoms with E-state index in [2.05, 4.69) is 56.5 Å². The predicted molar refractivity (Wildman–Crippen MR) is 116 cm³/mol. The van der Waals surface area contributed by atoms with Gasteiger partial charge in [-0.05, 0) is 42.4 Å². The summed E-state index contributed by atoms with van der Waals surface area (Å²) in [6.07, 6.45) is 10.0. The lowest BCUT2D eigenvalue weighted by Crippen LogP contribution is -2.42. The van der Waals surface area contributed by atoms with Crippen LogP contribution < -0.4 is 10.2 Å². The molecule has 1 saturated heterocycles. The molecule has 1 aromatic carbocycles. The predicted octanol–water partition coefficient (Wildman–Crippen LogP) is 3.63. The van der Waals surface area contributed by atoms with Gasteiger partial charge in [-0.2, -0.15) is 0 Å². The van der Waals surface area contributed by atoms with Crippen molar-refractivity contribution in [2.45, 2.75) is 32.2 Å². The molecule has 2 aliphatic heterocycles. The number of nitrogens with one attached hydrogen (secondary N) is 1. The van der Waals surface area contributed by atoms with Crippen molar-refractivity contribution in [2.75, 3.05) is 38.1 Å². The average molecular weight is 452 g/mol. The Hall–Kier alpha value is -1.24. The lowest BCUT2D eigenvalue weighted by Gasteiger charge is -2.38. The minimum absolute atomic E-state index is 0. The monoisotopic (exact) mass is 452 g/mol. The summed E-state index contributed by atoms with van der Waals surface area (Å²) in [5.41, 5.74) is 3.23. The average Bonchev–Trinajstić information content (AvgIpc) is 3.26. The fourth-order valence-electron chi connectivity index (χ4n) is 4.23. The highest BCUT2D eigenvalue weighted by molar-refractivity contribution is 14.0. The van der Waals surface area contributed by atoms with Gasteiger partial charge in [-0.25, -0.2) is 0 Å². The Morgan fingerprint density at radius 2 is 1.84 bits per heavy atom. The highest BCUT2D eigenvalue weighted by Crippen LogP contribution is 2.47. The first kappa shape index (κ1) is 18.5. The van der Waals surface area contributed by atoms with Gasteiger partial charge in [0.2, 0.25) is 0 Å². The van der Waals surface area contributed by atoms with Crippen LogP contribution >= 0.6 is 24.0 Å². The first-order valence-electron chi connectivity index (χ1n) is 9.23. The second-order valence-corrected chi connectivity index (χ2v) is 7.47. The summed E-state index contributed by atoms with van der Waals surface area (Å²) in [5, 5.41) is 3.55. The summed E-state index contributed by atoms with van der Waals surface area (Å²) in [6.45, 7) is 5.24. The van der Waals surface area contributed by atoms with E-state index in [1.165, 1.54) is 43.5 Å². The van der Waals surface area contributed by atoms with Gasteiger partial charge in [0.05, 0.1) is 0 Å². The molecular formula is C20H29IN4. The highest BCUT2D eigenvalue weighted by Gasteiger charge is 2.43. The van der Waals surface area contributed by atoms with Crippen molar-refractivity contribution in [3.63, 3.8) is 0 Å². The number of likely N-dealkylation sites (tertiary alicyclic amines) is 1. The third-order valence-electron chi connectivity index (χ3n) is 5.93. The number of nitrogens with zero attached hydrogens (tertiary/aromatic N) is 3. The molecule has 0 radical (unpaired) electrons. The van der Waals surface area contributed by atoms with E-state index in [-0.39, 0.29) is 24.0 Å². The molecule has 3 aliphatic rings. The maximum absolute atomic E-state index is 4.50. The van der Waals surface area contributed by atoms with E-state index in [0.29, 0.717) is 5.41 Å².